The van der Waals surface area contributed by atoms with E-state index in [0.717, 1.165) is 36.2 Å². The minimum Gasteiger partial charge on any atom is -0.396 e. The van der Waals surface area contributed by atoms with E-state index in [0.29, 0.717) is 11.7 Å². The second kappa shape index (κ2) is 12.8. The molecular weight excluding hydrogens is 565 g/mol. The van der Waals surface area contributed by atoms with Crippen molar-refractivity contribution in [1.82, 2.24) is 19.5 Å². The van der Waals surface area contributed by atoms with E-state index in [1.54, 1.807) is 57.4 Å². The van der Waals surface area contributed by atoms with Crippen LogP contribution in [0.1, 0.15) is 53.0 Å². The molecule has 14 nitrogen and oxygen atoms in total. The molecule has 1 aromatic carbocycles. The first-order valence-electron chi connectivity index (χ1n) is 13.6. The molecule has 2 aliphatic rings. The van der Waals surface area contributed by atoms with E-state index in [2.05, 4.69) is 30.9 Å². The molecule has 0 unspecified atom stereocenters. The van der Waals surface area contributed by atoms with Gasteiger partial charge < -0.3 is 25.2 Å². The monoisotopic (exact) mass is 603 g/mol. The van der Waals surface area contributed by atoms with Crippen molar-refractivity contribution < 1.29 is 33.6 Å². The van der Waals surface area contributed by atoms with Crippen molar-refractivity contribution in [2.75, 3.05) is 22.7 Å². The van der Waals surface area contributed by atoms with Crippen molar-refractivity contribution in [2.45, 2.75) is 70.7 Å². The second-order valence-electron chi connectivity index (χ2n) is 11.2. The fourth-order valence-corrected chi connectivity index (χ4v) is 4.69. The standard InChI is InChI=1S/C14H18N6O.C13H20NO6P/c15-14-18-12(17-9-2-3-9)11-13(19-14)20(7-16-11)10-4-1-8(5-10)6-21;1-10(12(15)19-21(16,17)18)14(20-13(2,3)4)11-8-6-5-7-9-11/h1,4,7-10,21H,2-3,5-6H2,(H3,15,17,18,19);5-10H,1-4H3,(H2,16,17,18)/t8-,10+;10-/m10/s1. The number of carbonyl (C=O) groups excluding carboxylic acids is 1. The molecule has 1 saturated carbocycles. The molecule has 2 heterocycles. The summed E-state index contributed by atoms with van der Waals surface area (Å²) in [5.74, 6) is 0.111. The Hall–Kier alpha value is -3.55. The van der Waals surface area contributed by atoms with E-state index >= 15 is 0 Å². The summed E-state index contributed by atoms with van der Waals surface area (Å²) in [6.45, 7) is 7.00. The molecule has 6 N–H and O–H groups in total. The third-order valence-electron chi connectivity index (χ3n) is 6.38. The van der Waals surface area contributed by atoms with Crippen LogP contribution in [-0.4, -0.2) is 64.7 Å². The number of aliphatic hydroxyl groups is 1. The number of anilines is 3. The van der Waals surface area contributed by atoms with Gasteiger partial charge in [-0.1, -0.05) is 30.4 Å². The summed E-state index contributed by atoms with van der Waals surface area (Å²) in [6.07, 6.45) is 9.10. The predicted octanol–water partition coefficient (Wildman–Crippen LogP) is 3.34. The average molecular weight is 604 g/mol. The van der Waals surface area contributed by atoms with Gasteiger partial charge in [0.05, 0.1) is 23.7 Å². The number of nitrogen functional groups attached to an aromatic ring is 1. The van der Waals surface area contributed by atoms with Crippen LogP contribution in [0, 0.1) is 5.92 Å². The van der Waals surface area contributed by atoms with Crippen LogP contribution < -0.4 is 16.1 Å². The minimum atomic E-state index is -4.89. The van der Waals surface area contributed by atoms with Crippen LogP contribution >= 0.6 is 7.82 Å². The lowest BCUT2D eigenvalue weighted by molar-refractivity contribution is -0.141. The van der Waals surface area contributed by atoms with Gasteiger partial charge in [0.15, 0.2) is 23.0 Å². The van der Waals surface area contributed by atoms with E-state index in [-0.39, 0.29) is 24.5 Å². The van der Waals surface area contributed by atoms with Crippen LogP contribution in [0.15, 0.2) is 48.8 Å². The lowest BCUT2D eigenvalue weighted by Gasteiger charge is -2.34. The number of hydrogen-bond acceptors (Lipinski definition) is 11. The zero-order chi connectivity index (χ0) is 30.7. The number of fused-ring (bicyclic) bond motifs is 1. The third-order valence-corrected chi connectivity index (χ3v) is 6.80. The van der Waals surface area contributed by atoms with Gasteiger partial charge in [-0.15, -0.1) is 0 Å². The molecule has 15 heteroatoms. The first-order chi connectivity index (χ1) is 19.7. The number of carbonyl (C=O) groups is 1. The zero-order valence-electron chi connectivity index (χ0n) is 24.0. The zero-order valence-corrected chi connectivity index (χ0v) is 24.9. The van der Waals surface area contributed by atoms with Gasteiger partial charge in [-0.25, -0.2) is 19.4 Å². The van der Waals surface area contributed by atoms with E-state index in [4.69, 9.17) is 20.4 Å². The van der Waals surface area contributed by atoms with E-state index in [9.17, 15) is 14.5 Å². The van der Waals surface area contributed by atoms with Crippen molar-refractivity contribution in [3.8, 4) is 0 Å². The quantitative estimate of drug-likeness (QED) is 0.136. The van der Waals surface area contributed by atoms with Crippen molar-refractivity contribution in [3.05, 3.63) is 48.8 Å². The molecule has 5 rings (SSSR count). The van der Waals surface area contributed by atoms with Gasteiger partial charge in [-0.3, -0.25) is 14.6 Å². The molecule has 2 aromatic heterocycles. The van der Waals surface area contributed by atoms with Crippen LogP contribution in [0.25, 0.3) is 11.2 Å². The highest BCUT2D eigenvalue weighted by Gasteiger charge is 2.32. The fraction of sp³-hybridized carbons (Fsp3) is 0.481. The summed E-state index contributed by atoms with van der Waals surface area (Å²) in [7, 11) is -4.89. The number of allylic oxidation sites excluding steroid dienone is 1. The second-order valence-corrected chi connectivity index (χ2v) is 12.4. The van der Waals surface area contributed by atoms with Crippen molar-refractivity contribution in [2.24, 2.45) is 5.92 Å². The maximum Gasteiger partial charge on any atom is 0.527 e. The topological polar surface area (TPSA) is 198 Å². The highest BCUT2D eigenvalue weighted by Crippen LogP contribution is 2.37. The first-order valence-corrected chi connectivity index (χ1v) is 15.1. The van der Waals surface area contributed by atoms with Crippen LogP contribution in [0.4, 0.5) is 17.5 Å². The molecule has 2 aliphatic carbocycles. The first kappa shape index (κ1) is 31.4. The molecule has 1 fully saturated rings. The molecule has 0 aliphatic heterocycles. The number of phosphoric ester groups is 1. The van der Waals surface area contributed by atoms with Crippen LogP contribution in [0.2, 0.25) is 0 Å². The van der Waals surface area contributed by atoms with E-state index in [1.165, 1.54) is 12.0 Å². The number of benzene rings is 1. The van der Waals surface area contributed by atoms with Crippen LogP contribution in [0.3, 0.4) is 0 Å². The normalized spacial score (nSPS) is 19.2. The predicted molar refractivity (Wildman–Crippen MR) is 157 cm³/mol. The van der Waals surface area contributed by atoms with Gasteiger partial charge in [0.1, 0.15) is 0 Å². The fourth-order valence-electron chi connectivity index (χ4n) is 4.31. The Morgan fingerprint density at radius 2 is 1.90 bits per heavy atom. The Balaban J connectivity index is 0.000000193. The summed E-state index contributed by atoms with van der Waals surface area (Å²) in [6, 6.07) is 8.37. The van der Waals surface area contributed by atoms with E-state index < -0.39 is 25.4 Å². The Morgan fingerprint density at radius 1 is 1.21 bits per heavy atom. The summed E-state index contributed by atoms with van der Waals surface area (Å²) in [4.78, 5) is 48.1. The largest absolute Gasteiger partial charge is 0.527 e. The molecule has 42 heavy (non-hydrogen) atoms. The Kier molecular flexibility index (Phi) is 9.53. The number of hydrogen-bond donors (Lipinski definition) is 5. The minimum absolute atomic E-state index is 0.162. The summed E-state index contributed by atoms with van der Waals surface area (Å²) < 4.78 is 16.9. The number of para-hydroxylation sites is 1. The SMILES string of the molecule is C[C@@H](C(=O)OP(=O)(O)O)N(OC(C)(C)C)c1ccccc1.Nc1nc(NC2CC2)c2ncn([C@H]3C=C[C@@H](CO)C3)c2n1. The summed E-state index contributed by atoms with van der Waals surface area (Å²) >= 11 is 0. The van der Waals surface area contributed by atoms with Gasteiger partial charge in [0, 0.05) is 18.6 Å². The van der Waals surface area contributed by atoms with E-state index in [1.807, 2.05) is 10.6 Å². The number of rotatable bonds is 9. The molecule has 3 atom stereocenters. The van der Waals surface area contributed by atoms with Crippen molar-refractivity contribution in [1.29, 1.82) is 0 Å². The average Bonchev–Trinajstić information content (AvgIpc) is 3.42. The summed E-state index contributed by atoms with van der Waals surface area (Å²) in [5.41, 5.74) is 7.32. The molecule has 3 aromatic rings. The molecule has 228 valence electrons. The maximum absolute atomic E-state index is 11.8. The lowest BCUT2D eigenvalue weighted by Crippen LogP contribution is -2.44. The molecule has 0 saturated heterocycles. The number of hydroxylamine groups is 1. The number of phosphoric acid groups is 1. The Bertz CT molecular complexity index is 1450. The smallest absolute Gasteiger partial charge is 0.396 e. The van der Waals surface area contributed by atoms with Gasteiger partial charge in [0.25, 0.3) is 0 Å². The van der Waals surface area contributed by atoms with Gasteiger partial charge in [-0.2, -0.15) is 9.97 Å². The van der Waals surface area contributed by atoms with Gasteiger partial charge >= 0.3 is 13.8 Å². The Morgan fingerprint density at radius 3 is 2.48 bits per heavy atom. The highest BCUT2D eigenvalue weighted by molar-refractivity contribution is 7.46. The number of imidazole rings is 1. The number of aromatic nitrogens is 4. The molecule has 0 bridgehead atoms. The number of nitrogens with two attached hydrogens (primary N) is 1. The van der Waals surface area contributed by atoms with Gasteiger partial charge in [0.2, 0.25) is 5.95 Å². The van der Waals surface area contributed by atoms with Gasteiger partial charge in [-0.05, 0) is 59.1 Å². The molecule has 0 radical (unpaired) electrons. The molecule has 0 amide bonds. The third kappa shape index (κ3) is 8.49. The van der Waals surface area contributed by atoms with Crippen LogP contribution in [0.5, 0.6) is 0 Å². The van der Waals surface area contributed by atoms with Crippen molar-refractivity contribution >= 4 is 42.4 Å². The van der Waals surface area contributed by atoms with Crippen LogP contribution in [-0.2, 0) is 18.7 Å². The molecule has 0 spiro atoms. The maximum atomic E-state index is 11.8. The number of nitrogens with one attached hydrogen (secondary N) is 1. The lowest BCUT2D eigenvalue weighted by atomic mass is 10.1. The highest BCUT2D eigenvalue weighted by atomic mass is 31.2. The number of nitrogens with zero attached hydrogens (tertiary/aromatic N) is 5. The number of aliphatic hydroxyl groups excluding tert-OH is 1. The van der Waals surface area contributed by atoms with Crippen molar-refractivity contribution in [3.63, 3.8) is 0 Å². The molecular formula is C27H38N7O7P. The Labute approximate surface area is 243 Å². The summed E-state index contributed by atoms with van der Waals surface area (Å²) in [5, 5.41) is 13.9.